The molecule has 0 aliphatic carbocycles. The van der Waals surface area contributed by atoms with Gasteiger partial charge in [0.2, 0.25) is 11.9 Å². The Morgan fingerprint density at radius 3 is 2.20 bits per heavy atom. The molecule has 0 saturated carbocycles. The van der Waals surface area contributed by atoms with Crippen LogP contribution in [-0.2, 0) is 0 Å². The van der Waals surface area contributed by atoms with Crippen LogP contribution in [0, 0.1) is 5.92 Å². The Labute approximate surface area is 127 Å². The molecule has 1 atom stereocenters. The maximum Gasteiger partial charge on any atom is 0.231 e. The van der Waals surface area contributed by atoms with Crippen LogP contribution in [0.3, 0.4) is 0 Å². The minimum atomic E-state index is 0.483. The smallest absolute Gasteiger partial charge is 0.231 e. The predicted molar refractivity (Wildman–Crippen MR) is 87.7 cm³/mol. The van der Waals surface area contributed by atoms with E-state index >= 15 is 0 Å². The number of anilines is 2. The number of thioether (sulfide) groups is 1. The Bertz CT molecular complexity index is 407. The molecule has 1 unspecified atom stereocenters. The maximum atomic E-state index is 4.61. The molecule has 1 N–H and O–H groups in total. The van der Waals surface area contributed by atoms with Gasteiger partial charge in [0.15, 0.2) is 5.16 Å². The second kappa shape index (κ2) is 8.29. The maximum absolute atomic E-state index is 4.61. The highest BCUT2D eigenvalue weighted by Gasteiger charge is 2.15. The van der Waals surface area contributed by atoms with E-state index < -0.39 is 0 Å². The van der Waals surface area contributed by atoms with Crippen LogP contribution in [0.15, 0.2) is 5.16 Å². The summed E-state index contributed by atoms with van der Waals surface area (Å²) < 4.78 is 0. The van der Waals surface area contributed by atoms with Gasteiger partial charge in [-0.05, 0) is 26.7 Å². The molecule has 20 heavy (non-hydrogen) atoms. The van der Waals surface area contributed by atoms with E-state index in [1.54, 1.807) is 11.8 Å². The summed E-state index contributed by atoms with van der Waals surface area (Å²) in [6.45, 7) is 15.5. The van der Waals surface area contributed by atoms with Crippen LogP contribution in [-0.4, -0.2) is 39.8 Å². The zero-order chi connectivity index (χ0) is 15.1. The molecule has 1 aromatic rings. The van der Waals surface area contributed by atoms with E-state index in [0.29, 0.717) is 17.1 Å². The molecule has 0 fully saturated rings. The summed E-state index contributed by atoms with van der Waals surface area (Å²) in [6, 6.07) is 0. The zero-order valence-corrected chi connectivity index (χ0v) is 14.3. The third kappa shape index (κ3) is 4.81. The van der Waals surface area contributed by atoms with Crippen molar-refractivity contribution in [1.82, 2.24) is 15.0 Å². The van der Waals surface area contributed by atoms with Crippen LogP contribution in [0.4, 0.5) is 11.9 Å². The summed E-state index contributed by atoms with van der Waals surface area (Å²) >= 11 is 1.72. The number of aromatic nitrogens is 3. The number of nitrogens with one attached hydrogen (secondary N) is 1. The second-order valence-electron chi connectivity index (χ2n) is 5.01. The normalized spacial score (nSPS) is 12.6. The lowest BCUT2D eigenvalue weighted by atomic mass is 10.2. The van der Waals surface area contributed by atoms with Crippen molar-refractivity contribution in [2.75, 3.05) is 29.9 Å². The molecule has 0 aliphatic heterocycles. The van der Waals surface area contributed by atoms with Gasteiger partial charge in [0.1, 0.15) is 0 Å². The minimum Gasteiger partial charge on any atom is -0.354 e. The first-order valence-corrected chi connectivity index (χ1v) is 8.31. The molecule has 0 saturated heterocycles. The molecule has 0 bridgehead atoms. The van der Waals surface area contributed by atoms with Gasteiger partial charge in [-0.1, -0.05) is 32.5 Å². The Morgan fingerprint density at radius 2 is 1.70 bits per heavy atom. The summed E-state index contributed by atoms with van der Waals surface area (Å²) in [5, 5.41) is 4.48. The van der Waals surface area contributed by atoms with Gasteiger partial charge < -0.3 is 10.2 Å². The zero-order valence-electron chi connectivity index (χ0n) is 13.5. The summed E-state index contributed by atoms with van der Waals surface area (Å²) in [5.41, 5.74) is 0. The van der Waals surface area contributed by atoms with E-state index in [2.05, 4.69) is 59.8 Å². The van der Waals surface area contributed by atoms with E-state index in [4.69, 9.17) is 0 Å². The molecule has 0 aromatic carbocycles. The van der Waals surface area contributed by atoms with E-state index in [1.165, 1.54) is 0 Å². The third-order valence-corrected chi connectivity index (χ3v) is 4.52. The average Bonchev–Trinajstić information content (AvgIpc) is 2.40. The Kier molecular flexibility index (Phi) is 7.05. The highest BCUT2D eigenvalue weighted by molar-refractivity contribution is 7.99. The SMILES string of the molecule is CCNc1nc(SC(C)C(C)C)nc(N(CC)CC)n1. The van der Waals surface area contributed by atoms with Crippen molar-refractivity contribution < 1.29 is 0 Å². The van der Waals surface area contributed by atoms with Crippen LogP contribution in [0.1, 0.15) is 41.5 Å². The van der Waals surface area contributed by atoms with Crippen LogP contribution in [0.2, 0.25) is 0 Å². The lowest BCUT2D eigenvalue weighted by Crippen LogP contribution is -2.25. The van der Waals surface area contributed by atoms with Crippen molar-refractivity contribution in [3.63, 3.8) is 0 Å². The number of nitrogens with zero attached hydrogens (tertiary/aromatic N) is 4. The molecular formula is C14H27N5S. The van der Waals surface area contributed by atoms with Crippen molar-refractivity contribution in [2.24, 2.45) is 5.92 Å². The largest absolute Gasteiger partial charge is 0.354 e. The number of hydrogen-bond acceptors (Lipinski definition) is 6. The third-order valence-electron chi connectivity index (χ3n) is 3.21. The van der Waals surface area contributed by atoms with Crippen molar-refractivity contribution in [2.45, 2.75) is 51.9 Å². The predicted octanol–water partition coefficient (Wildman–Crippen LogP) is 3.29. The van der Waals surface area contributed by atoms with E-state index in [0.717, 1.165) is 30.7 Å². The summed E-state index contributed by atoms with van der Waals surface area (Å²) in [5.74, 6) is 2.03. The Balaban J connectivity index is 3.03. The first-order chi connectivity index (χ1) is 9.51. The topological polar surface area (TPSA) is 53.9 Å². The molecular weight excluding hydrogens is 270 g/mol. The van der Waals surface area contributed by atoms with Gasteiger partial charge in [-0.15, -0.1) is 0 Å². The molecule has 1 aromatic heterocycles. The average molecular weight is 297 g/mol. The molecule has 1 rings (SSSR count). The molecule has 1 heterocycles. The van der Waals surface area contributed by atoms with E-state index in [-0.39, 0.29) is 0 Å². The fourth-order valence-corrected chi connectivity index (χ4v) is 2.46. The van der Waals surface area contributed by atoms with Gasteiger partial charge in [-0.25, -0.2) is 0 Å². The molecule has 0 spiro atoms. The molecule has 0 radical (unpaired) electrons. The molecule has 114 valence electrons. The highest BCUT2D eigenvalue weighted by atomic mass is 32.2. The van der Waals surface area contributed by atoms with Crippen molar-refractivity contribution >= 4 is 23.7 Å². The van der Waals surface area contributed by atoms with Gasteiger partial charge in [0.25, 0.3) is 0 Å². The van der Waals surface area contributed by atoms with Gasteiger partial charge in [-0.3, -0.25) is 0 Å². The monoisotopic (exact) mass is 297 g/mol. The van der Waals surface area contributed by atoms with Gasteiger partial charge in [0, 0.05) is 24.9 Å². The second-order valence-corrected chi connectivity index (χ2v) is 6.36. The standard InChI is InChI=1S/C14H27N5S/c1-7-15-12-16-13(19(8-2)9-3)18-14(17-12)20-11(6)10(4)5/h10-11H,7-9H2,1-6H3,(H,15,16,17,18). The fraction of sp³-hybridized carbons (Fsp3) is 0.786. The Hall–Kier alpha value is -1.04. The van der Waals surface area contributed by atoms with Gasteiger partial charge >= 0.3 is 0 Å². The first-order valence-electron chi connectivity index (χ1n) is 7.43. The summed E-state index contributed by atoms with van der Waals surface area (Å²) in [7, 11) is 0. The van der Waals surface area contributed by atoms with Crippen molar-refractivity contribution in [1.29, 1.82) is 0 Å². The van der Waals surface area contributed by atoms with Crippen molar-refractivity contribution in [3.05, 3.63) is 0 Å². The fourth-order valence-electron chi connectivity index (χ4n) is 1.59. The van der Waals surface area contributed by atoms with Crippen LogP contribution >= 0.6 is 11.8 Å². The Morgan fingerprint density at radius 1 is 1.05 bits per heavy atom. The highest BCUT2D eigenvalue weighted by Crippen LogP contribution is 2.26. The van der Waals surface area contributed by atoms with Crippen molar-refractivity contribution in [3.8, 4) is 0 Å². The summed E-state index contributed by atoms with van der Waals surface area (Å²) in [4.78, 5) is 15.7. The number of hydrogen-bond donors (Lipinski definition) is 1. The van der Waals surface area contributed by atoms with Crippen LogP contribution in [0.25, 0.3) is 0 Å². The summed E-state index contributed by atoms with van der Waals surface area (Å²) in [6.07, 6.45) is 0. The lowest BCUT2D eigenvalue weighted by Gasteiger charge is -2.20. The van der Waals surface area contributed by atoms with Gasteiger partial charge in [-0.2, -0.15) is 15.0 Å². The van der Waals surface area contributed by atoms with Crippen LogP contribution in [0.5, 0.6) is 0 Å². The van der Waals surface area contributed by atoms with E-state index in [1.807, 2.05) is 6.92 Å². The molecule has 0 aliphatic rings. The quantitative estimate of drug-likeness (QED) is 0.743. The lowest BCUT2D eigenvalue weighted by molar-refractivity contribution is 0.639. The van der Waals surface area contributed by atoms with E-state index in [9.17, 15) is 0 Å². The minimum absolute atomic E-state index is 0.483. The van der Waals surface area contributed by atoms with Crippen LogP contribution < -0.4 is 10.2 Å². The van der Waals surface area contributed by atoms with Gasteiger partial charge in [0.05, 0.1) is 0 Å². The number of rotatable bonds is 8. The molecule has 6 heteroatoms. The first kappa shape index (κ1) is 17.0. The molecule has 0 amide bonds. The molecule has 5 nitrogen and oxygen atoms in total.